The van der Waals surface area contributed by atoms with Crippen molar-refractivity contribution in [2.75, 3.05) is 4.72 Å². The van der Waals surface area contributed by atoms with Gasteiger partial charge in [0.05, 0.1) is 5.56 Å². The minimum absolute atomic E-state index is 0.0856. The lowest BCUT2D eigenvalue weighted by Gasteiger charge is -2.11. The third kappa shape index (κ3) is 3.56. The normalized spacial score (nSPS) is 12.4. The number of rotatable bonds is 3. The van der Waals surface area contributed by atoms with Gasteiger partial charge in [0.1, 0.15) is 4.90 Å². The number of thiophene rings is 1. The maximum absolute atomic E-state index is 12.6. The number of hydrogen-bond donors (Lipinski definition) is 1. The molecule has 0 aliphatic carbocycles. The zero-order valence-electron chi connectivity index (χ0n) is 11.2. The second-order valence-corrected chi connectivity index (χ2v) is 7.57. The predicted molar refractivity (Wildman–Crippen MR) is 76.0 cm³/mol. The molecule has 0 bridgehead atoms. The molecular formula is C13H12F3NO2S2. The van der Waals surface area contributed by atoms with E-state index in [1.165, 1.54) is 23.5 Å². The number of hydrogen-bond acceptors (Lipinski definition) is 3. The van der Waals surface area contributed by atoms with Crippen molar-refractivity contribution in [3.05, 3.63) is 45.6 Å². The van der Waals surface area contributed by atoms with Crippen LogP contribution >= 0.6 is 11.3 Å². The van der Waals surface area contributed by atoms with Gasteiger partial charge in [0.2, 0.25) is 0 Å². The van der Waals surface area contributed by atoms with Gasteiger partial charge in [0, 0.05) is 15.4 Å². The van der Waals surface area contributed by atoms with Crippen LogP contribution in [0, 0.1) is 13.8 Å². The number of benzene rings is 1. The van der Waals surface area contributed by atoms with Gasteiger partial charge >= 0.3 is 6.18 Å². The molecule has 2 aromatic rings. The van der Waals surface area contributed by atoms with Crippen molar-refractivity contribution >= 4 is 27.0 Å². The Morgan fingerprint density at radius 2 is 1.81 bits per heavy atom. The maximum Gasteiger partial charge on any atom is 0.416 e. The zero-order valence-corrected chi connectivity index (χ0v) is 12.8. The Balaban J connectivity index is 2.36. The number of aryl methyl sites for hydroxylation is 2. The fourth-order valence-electron chi connectivity index (χ4n) is 1.84. The molecular weight excluding hydrogens is 323 g/mol. The maximum atomic E-state index is 12.6. The standard InChI is InChI=1S/C13H12F3NO2S2/c1-8-6-12(9(2)20-8)21(18,19)17-11-5-3-4-10(7-11)13(14,15)16/h3-7,17H,1-2H3. The van der Waals surface area contributed by atoms with Crippen molar-refractivity contribution in [1.82, 2.24) is 0 Å². The van der Waals surface area contributed by atoms with Gasteiger partial charge in [-0.2, -0.15) is 13.2 Å². The van der Waals surface area contributed by atoms with Gasteiger partial charge in [-0.15, -0.1) is 11.3 Å². The molecule has 0 aliphatic rings. The number of nitrogens with one attached hydrogen (secondary N) is 1. The zero-order chi connectivity index (χ0) is 15.8. The number of alkyl halides is 3. The molecule has 2 rings (SSSR count). The van der Waals surface area contributed by atoms with E-state index in [1.807, 2.05) is 0 Å². The summed E-state index contributed by atoms with van der Waals surface area (Å²) in [5.41, 5.74) is -1.02. The van der Waals surface area contributed by atoms with Crippen LogP contribution in [0.5, 0.6) is 0 Å². The van der Waals surface area contributed by atoms with E-state index in [4.69, 9.17) is 0 Å². The molecule has 0 atom stereocenters. The van der Waals surface area contributed by atoms with Crippen LogP contribution < -0.4 is 4.72 Å². The van der Waals surface area contributed by atoms with Crippen molar-refractivity contribution in [2.45, 2.75) is 24.9 Å². The summed E-state index contributed by atoms with van der Waals surface area (Å²) in [4.78, 5) is 1.49. The molecule has 1 N–H and O–H groups in total. The minimum Gasteiger partial charge on any atom is -0.280 e. The summed E-state index contributed by atoms with van der Waals surface area (Å²) in [5, 5.41) is 0. The molecule has 0 saturated carbocycles. The number of halogens is 3. The molecule has 0 aliphatic heterocycles. The van der Waals surface area contributed by atoms with Crippen LogP contribution in [0.2, 0.25) is 0 Å². The molecule has 0 saturated heterocycles. The molecule has 1 aromatic carbocycles. The number of sulfonamides is 1. The molecule has 0 unspecified atom stereocenters. The van der Waals surface area contributed by atoms with E-state index < -0.39 is 21.8 Å². The first-order valence-electron chi connectivity index (χ1n) is 5.87. The molecule has 0 amide bonds. The molecule has 1 aromatic heterocycles. The lowest BCUT2D eigenvalue weighted by atomic mass is 10.2. The van der Waals surface area contributed by atoms with Crippen molar-refractivity contribution < 1.29 is 21.6 Å². The Morgan fingerprint density at radius 3 is 2.33 bits per heavy atom. The Labute approximate surface area is 124 Å². The van der Waals surface area contributed by atoms with E-state index in [9.17, 15) is 21.6 Å². The Hall–Kier alpha value is -1.54. The fraction of sp³-hybridized carbons (Fsp3) is 0.231. The van der Waals surface area contributed by atoms with E-state index in [0.29, 0.717) is 4.88 Å². The van der Waals surface area contributed by atoms with E-state index in [1.54, 1.807) is 13.8 Å². The van der Waals surface area contributed by atoms with E-state index in [2.05, 4.69) is 4.72 Å². The Kier molecular flexibility index (Phi) is 4.03. The predicted octanol–water partition coefficient (Wildman–Crippen LogP) is 4.18. The monoisotopic (exact) mass is 335 g/mol. The van der Waals surface area contributed by atoms with Crippen LogP contribution in [0.3, 0.4) is 0 Å². The fourth-order valence-corrected chi connectivity index (χ4v) is 4.45. The first kappa shape index (κ1) is 15.8. The average molecular weight is 335 g/mol. The van der Waals surface area contributed by atoms with Crippen LogP contribution in [0.1, 0.15) is 15.3 Å². The van der Waals surface area contributed by atoms with Crippen LogP contribution in [0.25, 0.3) is 0 Å². The summed E-state index contributed by atoms with van der Waals surface area (Å²) >= 11 is 1.31. The minimum atomic E-state index is -4.52. The van der Waals surface area contributed by atoms with Gasteiger partial charge in [0.15, 0.2) is 0 Å². The van der Waals surface area contributed by atoms with Gasteiger partial charge < -0.3 is 0 Å². The van der Waals surface area contributed by atoms with E-state index in [0.717, 1.165) is 23.1 Å². The highest BCUT2D eigenvalue weighted by molar-refractivity contribution is 7.93. The van der Waals surface area contributed by atoms with Gasteiger partial charge in [-0.1, -0.05) is 6.07 Å². The van der Waals surface area contributed by atoms with Crippen LogP contribution in [0.15, 0.2) is 35.2 Å². The summed E-state index contributed by atoms with van der Waals surface area (Å²) < 4.78 is 64.4. The quantitative estimate of drug-likeness (QED) is 0.914. The van der Waals surface area contributed by atoms with Crippen LogP contribution in [-0.4, -0.2) is 8.42 Å². The van der Waals surface area contributed by atoms with Crippen LogP contribution in [0.4, 0.5) is 18.9 Å². The summed E-state index contributed by atoms with van der Waals surface area (Å²) in [6, 6.07) is 5.59. The second kappa shape index (κ2) is 5.34. The van der Waals surface area contributed by atoms with Gasteiger partial charge in [-0.05, 0) is 38.1 Å². The summed E-state index contributed by atoms with van der Waals surface area (Å²) in [7, 11) is -3.89. The molecule has 3 nitrogen and oxygen atoms in total. The van der Waals surface area contributed by atoms with Gasteiger partial charge in [-0.25, -0.2) is 8.42 Å². The molecule has 1 heterocycles. The SMILES string of the molecule is Cc1cc(S(=O)(=O)Nc2cccc(C(F)(F)F)c2)c(C)s1. The van der Waals surface area contributed by atoms with E-state index >= 15 is 0 Å². The van der Waals surface area contributed by atoms with Crippen molar-refractivity contribution in [3.63, 3.8) is 0 Å². The molecule has 0 spiro atoms. The molecule has 21 heavy (non-hydrogen) atoms. The summed E-state index contributed by atoms with van der Waals surface area (Å²) in [6.07, 6.45) is -4.52. The molecule has 114 valence electrons. The lowest BCUT2D eigenvalue weighted by molar-refractivity contribution is -0.137. The Morgan fingerprint density at radius 1 is 1.14 bits per heavy atom. The first-order chi connectivity index (χ1) is 9.59. The third-order valence-electron chi connectivity index (χ3n) is 2.73. The summed E-state index contributed by atoms with van der Waals surface area (Å²) in [5.74, 6) is 0. The highest BCUT2D eigenvalue weighted by Crippen LogP contribution is 2.32. The Bertz CT molecular complexity index is 764. The lowest BCUT2D eigenvalue weighted by Crippen LogP contribution is -2.14. The first-order valence-corrected chi connectivity index (χ1v) is 8.17. The average Bonchev–Trinajstić information content (AvgIpc) is 2.68. The molecule has 0 fully saturated rings. The highest BCUT2D eigenvalue weighted by atomic mass is 32.2. The van der Waals surface area contributed by atoms with E-state index in [-0.39, 0.29) is 10.6 Å². The van der Waals surface area contributed by atoms with Gasteiger partial charge in [-0.3, -0.25) is 4.72 Å². The van der Waals surface area contributed by atoms with Crippen molar-refractivity contribution in [2.24, 2.45) is 0 Å². The molecule has 0 radical (unpaired) electrons. The third-order valence-corrected chi connectivity index (χ3v) is 5.33. The van der Waals surface area contributed by atoms with Crippen LogP contribution in [-0.2, 0) is 16.2 Å². The van der Waals surface area contributed by atoms with Crippen molar-refractivity contribution in [1.29, 1.82) is 0 Å². The molecule has 8 heteroatoms. The highest BCUT2D eigenvalue weighted by Gasteiger charge is 2.30. The largest absolute Gasteiger partial charge is 0.416 e. The smallest absolute Gasteiger partial charge is 0.280 e. The van der Waals surface area contributed by atoms with Crippen molar-refractivity contribution in [3.8, 4) is 0 Å². The topological polar surface area (TPSA) is 46.2 Å². The summed E-state index contributed by atoms with van der Waals surface area (Å²) in [6.45, 7) is 3.42. The number of anilines is 1. The van der Waals surface area contributed by atoms with Gasteiger partial charge in [0.25, 0.3) is 10.0 Å². The second-order valence-electron chi connectivity index (χ2n) is 4.46.